The topological polar surface area (TPSA) is 72.3 Å². The van der Waals surface area contributed by atoms with Gasteiger partial charge in [0.05, 0.1) is 29.8 Å². The van der Waals surface area contributed by atoms with E-state index in [1.165, 1.54) is 16.8 Å². The highest BCUT2D eigenvalue weighted by Crippen LogP contribution is 2.25. The number of ether oxygens (including phenoxy) is 1. The molecule has 4 rings (SSSR count). The van der Waals surface area contributed by atoms with Crippen LogP contribution in [0, 0.1) is 5.82 Å². The Morgan fingerprint density at radius 2 is 1.80 bits per heavy atom. The van der Waals surface area contributed by atoms with Crippen molar-refractivity contribution in [2.75, 3.05) is 7.11 Å². The summed E-state index contributed by atoms with van der Waals surface area (Å²) in [6.45, 7) is 1.77. The molecule has 0 aliphatic heterocycles. The van der Waals surface area contributed by atoms with Crippen molar-refractivity contribution >= 4 is 11.5 Å². The fourth-order valence-corrected chi connectivity index (χ4v) is 3.16. The average molecular weight is 402 g/mol. The van der Waals surface area contributed by atoms with Crippen LogP contribution < -0.4 is 10.3 Å². The van der Waals surface area contributed by atoms with E-state index < -0.39 is 0 Å². The van der Waals surface area contributed by atoms with Gasteiger partial charge < -0.3 is 4.74 Å². The fraction of sp³-hybridized carbons (Fsp3) is 0.0870. The second kappa shape index (κ2) is 8.16. The summed E-state index contributed by atoms with van der Waals surface area (Å²) in [5.41, 5.74) is 2.55. The van der Waals surface area contributed by atoms with Gasteiger partial charge in [0.1, 0.15) is 11.6 Å². The summed E-state index contributed by atoms with van der Waals surface area (Å²) >= 11 is 0. The Bertz CT molecular complexity index is 1240. The summed E-state index contributed by atoms with van der Waals surface area (Å²) in [4.78, 5) is 22.0. The first kappa shape index (κ1) is 19.3. The zero-order valence-electron chi connectivity index (χ0n) is 16.5. The second-order valence-electron chi connectivity index (χ2n) is 6.59. The van der Waals surface area contributed by atoms with E-state index in [0.717, 1.165) is 5.56 Å². The molecule has 0 saturated carbocycles. The van der Waals surface area contributed by atoms with Gasteiger partial charge in [0.25, 0.3) is 5.56 Å². The van der Waals surface area contributed by atoms with E-state index in [4.69, 9.17) is 4.74 Å². The van der Waals surface area contributed by atoms with E-state index in [2.05, 4.69) is 15.1 Å². The molecule has 4 aromatic rings. The molecule has 30 heavy (non-hydrogen) atoms. The molecule has 0 saturated heterocycles. The number of aromatic amines is 1. The van der Waals surface area contributed by atoms with Gasteiger partial charge in [-0.25, -0.2) is 19.0 Å². The molecule has 2 aromatic heterocycles. The lowest BCUT2D eigenvalue weighted by atomic mass is 10.1. The van der Waals surface area contributed by atoms with Crippen LogP contribution >= 0.6 is 0 Å². The van der Waals surface area contributed by atoms with Crippen LogP contribution in [0.25, 0.3) is 16.9 Å². The standard InChI is InChI=1S/C23H19FN4O2/c1-15(26-20-5-3-4-14-25-20)21-22(16-6-12-19(30-2)13-7-16)27-28(23(21)29)18-10-8-17(24)9-11-18/h3-14,27H,1-2H3/b26-15+. The molecular formula is C23H19FN4O2. The Kier molecular flexibility index (Phi) is 5.26. The molecule has 0 spiro atoms. The van der Waals surface area contributed by atoms with Crippen molar-refractivity contribution in [2.24, 2.45) is 4.99 Å². The van der Waals surface area contributed by atoms with E-state index in [0.29, 0.717) is 34.2 Å². The van der Waals surface area contributed by atoms with Crippen LogP contribution in [0.15, 0.2) is 82.7 Å². The summed E-state index contributed by atoms with van der Waals surface area (Å²) in [5.74, 6) is 0.839. The smallest absolute Gasteiger partial charge is 0.280 e. The van der Waals surface area contributed by atoms with Gasteiger partial charge in [-0.2, -0.15) is 0 Å². The first-order valence-corrected chi connectivity index (χ1v) is 9.29. The van der Waals surface area contributed by atoms with Gasteiger partial charge in [-0.05, 0) is 67.6 Å². The van der Waals surface area contributed by atoms with Crippen molar-refractivity contribution in [2.45, 2.75) is 6.92 Å². The Balaban J connectivity index is 1.90. The van der Waals surface area contributed by atoms with Crippen LogP contribution in [0.2, 0.25) is 0 Å². The minimum Gasteiger partial charge on any atom is -0.497 e. The van der Waals surface area contributed by atoms with Crippen LogP contribution in [0.1, 0.15) is 12.5 Å². The molecule has 0 amide bonds. The average Bonchev–Trinajstić information content (AvgIpc) is 3.12. The number of methoxy groups -OCH3 is 1. The van der Waals surface area contributed by atoms with Crippen molar-refractivity contribution in [3.05, 3.63) is 94.7 Å². The lowest BCUT2D eigenvalue weighted by Gasteiger charge is -2.05. The number of aliphatic imine (C=N–C) groups is 1. The van der Waals surface area contributed by atoms with E-state index in [-0.39, 0.29) is 11.4 Å². The number of H-pyrrole nitrogens is 1. The van der Waals surface area contributed by atoms with Gasteiger partial charge in [-0.3, -0.25) is 9.89 Å². The Labute approximate surface area is 172 Å². The van der Waals surface area contributed by atoms with Gasteiger partial charge >= 0.3 is 0 Å². The molecule has 0 bridgehead atoms. The Hall–Kier alpha value is -4.00. The van der Waals surface area contributed by atoms with Crippen molar-refractivity contribution in [3.63, 3.8) is 0 Å². The monoisotopic (exact) mass is 402 g/mol. The van der Waals surface area contributed by atoms with Crippen LogP contribution in [0.5, 0.6) is 5.75 Å². The Morgan fingerprint density at radius 1 is 1.07 bits per heavy atom. The number of pyridine rings is 1. The minimum absolute atomic E-state index is 0.287. The molecule has 2 heterocycles. The lowest BCUT2D eigenvalue weighted by Crippen LogP contribution is -2.19. The molecule has 2 aromatic carbocycles. The summed E-state index contributed by atoms with van der Waals surface area (Å²) in [5, 5.41) is 3.15. The van der Waals surface area contributed by atoms with Crippen molar-refractivity contribution in [1.29, 1.82) is 0 Å². The third-order valence-electron chi connectivity index (χ3n) is 4.65. The third-order valence-corrected chi connectivity index (χ3v) is 4.65. The summed E-state index contributed by atoms with van der Waals surface area (Å²) < 4.78 is 20.0. The highest BCUT2D eigenvalue weighted by molar-refractivity contribution is 6.04. The maximum atomic E-state index is 13.4. The molecule has 1 N–H and O–H groups in total. The van der Waals surface area contributed by atoms with E-state index in [9.17, 15) is 9.18 Å². The number of hydrogen-bond acceptors (Lipinski definition) is 4. The highest BCUT2D eigenvalue weighted by atomic mass is 19.1. The number of nitrogens with zero attached hydrogens (tertiary/aromatic N) is 3. The zero-order chi connectivity index (χ0) is 21.1. The predicted octanol–water partition coefficient (Wildman–Crippen LogP) is 4.52. The van der Waals surface area contributed by atoms with Crippen LogP contribution in [0.3, 0.4) is 0 Å². The molecule has 0 unspecified atom stereocenters. The normalized spacial score (nSPS) is 11.5. The SMILES string of the molecule is COc1ccc(-c2[nH]n(-c3ccc(F)cc3)c(=O)c2/C(C)=N/c2ccccn2)cc1. The van der Waals surface area contributed by atoms with E-state index in [1.54, 1.807) is 44.5 Å². The van der Waals surface area contributed by atoms with Gasteiger partial charge in [0.15, 0.2) is 5.82 Å². The van der Waals surface area contributed by atoms with Crippen molar-refractivity contribution in [1.82, 2.24) is 14.8 Å². The number of hydrogen-bond donors (Lipinski definition) is 1. The van der Waals surface area contributed by atoms with Crippen LogP contribution in [0.4, 0.5) is 10.2 Å². The second-order valence-corrected chi connectivity index (χ2v) is 6.59. The van der Waals surface area contributed by atoms with Crippen molar-refractivity contribution < 1.29 is 9.13 Å². The van der Waals surface area contributed by atoms with E-state index >= 15 is 0 Å². The maximum Gasteiger partial charge on any atom is 0.280 e. The number of aromatic nitrogens is 3. The molecule has 0 fully saturated rings. The molecular weight excluding hydrogens is 383 g/mol. The quantitative estimate of drug-likeness (QED) is 0.499. The predicted molar refractivity (Wildman–Crippen MR) is 114 cm³/mol. The summed E-state index contributed by atoms with van der Waals surface area (Å²) in [6, 6.07) is 18.5. The maximum absolute atomic E-state index is 13.4. The molecule has 6 nitrogen and oxygen atoms in total. The van der Waals surface area contributed by atoms with Gasteiger partial charge in [-0.1, -0.05) is 6.07 Å². The summed E-state index contributed by atoms with van der Waals surface area (Å²) in [6.07, 6.45) is 1.64. The number of benzene rings is 2. The first-order valence-electron chi connectivity index (χ1n) is 9.29. The highest BCUT2D eigenvalue weighted by Gasteiger charge is 2.19. The number of rotatable bonds is 5. The fourth-order valence-electron chi connectivity index (χ4n) is 3.16. The zero-order valence-corrected chi connectivity index (χ0v) is 16.5. The van der Waals surface area contributed by atoms with Crippen LogP contribution in [-0.2, 0) is 0 Å². The molecule has 0 radical (unpaired) electrons. The van der Waals surface area contributed by atoms with Gasteiger partial charge in [-0.15, -0.1) is 0 Å². The number of halogens is 1. The summed E-state index contributed by atoms with van der Waals surface area (Å²) in [7, 11) is 1.59. The van der Waals surface area contributed by atoms with Gasteiger partial charge in [0.2, 0.25) is 0 Å². The molecule has 150 valence electrons. The molecule has 7 heteroatoms. The largest absolute Gasteiger partial charge is 0.497 e. The lowest BCUT2D eigenvalue weighted by molar-refractivity contribution is 0.415. The molecule has 0 aliphatic carbocycles. The van der Waals surface area contributed by atoms with E-state index in [1.807, 2.05) is 30.3 Å². The first-order chi connectivity index (χ1) is 14.6. The number of nitrogens with one attached hydrogen (secondary N) is 1. The third kappa shape index (κ3) is 3.77. The minimum atomic E-state index is -0.373. The van der Waals surface area contributed by atoms with Crippen molar-refractivity contribution in [3.8, 4) is 22.7 Å². The molecule has 0 atom stereocenters. The Morgan fingerprint density at radius 3 is 2.43 bits per heavy atom. The van der Waals surface area contributed by atoms with Crippen LogP contribution in [-0.4, -0.2) is 27.6 Å². The molecule has 0 aliphatic rings. The van der Waals surface area contributed by atoms with Gasteiger partial charge in [0, 0.05) is 11.8 Å².